The maximum atomic E-state index is 3.45. The van der Waals surface area contributed by atoms with Crippen LogP contribution in [0.3, 0.4) is 0 Å². The van der Waals surface area contributed by atoms with Crippen molar-refractivity contribution in [3.05, 3.63) is 23.4 Å². The van der Waals surface area contributed by atoms with Gasteiger partial charge >= 0.3 is 0 Å². The zero-order chi connectivity index (χ0) is 8.48. The molecule has 0 aromatic carbocycles. The summed E-state index contributed by atoms with van der Waals surface area (Å²) in [6.45, 7) is 8.74. The van der Waals surface area contributed by atoms with E-state index in [1.807, 2.05) is 0 Å². The Morgan fingerprint density at radius 1 is 1.36 bits per heavy atom. The Morgan fingerprint density at radius 2 is 2.00 bits per heavy atom. The van der Waals surface area contributed by atoms with Gasteiger partial charge in [0.2, 0.25) is 0 Å². The lowest BCUT2D eigenvalue weighted by Crippen LogP contribution is -2.41. The average Bonchev–Trinajstić information content (AvgIpc) is 1.85. The van der Waals surface area contributed by atoms with E-state index in [2.05, 4.69) is 45.2 Å². The molecule has 1 N–H and O–H groups in total. The standard InChI is InChI=1S/C10H17N/c1-5-9-7-6-8(2)11-10(9,3)4/h6-7,11H,5H2,1-4H3. The van der Waals surface area contributed by atoms with Gasteiger partial charge in [-0.15, -0.1) is 0 Å². The fourth-order valence-corrected chi connectivity index (χ4v) is 1.61. The molecule has 1 heterocycles. The normalized spacial score (nSPS) is 21.8. The molecule has 0 aromatic rings. The molecular formula is C10H17N. The quantitative estimate of drug-likeness (QED) is 0.607. The van der Waals surface area contributed by atoms with Gasteiger partial charge in [0.25, 0.3) is 0 Å². The molecule has 1 nitrogen and oxygen atoms in total. The average molecular weight is 151 g/mol. The highest BCUT2D eigenvalue weighted by molar-refractivity contribution is 5.30. The molecule has 0 amide bonds. The molecule has 0 atom stereocenters. The maximum absolute atomic E-state index is 3.45. The van der Waals surface area contributed by atoms with Gasteiger partial charge in [-0.25, -0.2) is 0 Å². The zero-order valence-corrected chi connectivity index (χ0v) is 7.86. The van der Waals surface area contributed by atoms with Gasteiger partial charge < -0.3 is 5.32 Å². The zero-order valence-electron chi connectivity index (χ0n) is 7.86. The van der Waals surface area contributed by atoms with E-state index in [4.69, 9.17) is 0 Å². The lowest BCUT2D eigenvalue weighted by molar-refractivity contribution is 0.481. The van der Waals surface area contributed by atoms with E-state index < -0.39 is 0 Å². The molecule has 62 valence electrons. The van der Waals surface area contributed by atoms with Crippen molar-refractivity contribution in [1.29, 1.82) is 0 Å². The second kappa shape index (κ2) is 2.72. The van der Waals surface area contributed by atoms with E-state index in [1.54, 1.807) is 0 Å². The van der Waals surface area contributed by atoms with Crippen LogP contribution in [0.4, 0.5) is 0 Å². The second-order valence-electron chi connectivity index (χ2n) is 3.65. The number of hydrogen-bond acceptors (Lipinski definition) is 1. The van der Waals surface area contributed by atoms with Crippen LogP contribution >= 0.6 is 0 Å². The molecule has 0 radical (unpaired) electrons. The SMILES string of the molecule is CCC1=CC=C(C)NC1(C)C. The molecule has 0 aromatic heterocycles. The number of hydrogen-bond donors (Lipinski definition) is 1. The molecule has 11 heavy (non-hydrogen) atoms. The Hall–Kier alpha value is -0.720. The van der Waals surface area contributed by atoms with E-state index in [0.717, 1.165) is 6.42 Å². The minimum absolute atomic E-state index is 0.160. The van der Waals surface area contributed by atoms with Crippen LogP contribution in [0.1, 0.15) is 34.1 Å². The van der Waals surface area contributed by atoms with Crippen LogP contribution in [0.5, 0.6) is 0 Å². The Kier molecular flexibility index (Phi) is 2.08. The number of rotatable bonds is 1. The molecule has 0 aliphatic carbocycles. The lowest BCUT2D eigenvalue weighted by Gasteiger charge is -2.33. The van der Waals surface area contributed by atoms with Gasteiger partial charge in [-0.3, -0.25) is 0 Å². The molecule has 0 fully saturated rings. The fourth-order valence-electron chi connectivity index (χ4n) is 1.61. The summed E-state index contributed by atoms with van der Waals surface area (Å²) in [7, 11) is 0. The summed E-state index contributed by atoms with van der Waals surface area (Å²) in [6, 6.07) is 0. The first-order valence-corrected chi connectivity index (χ1v) is 4.22. The van der Waals surface area contributed by atoms with Gasteiger partial charge in [-0.1, -0.05) is 13.0 Å². The van der Waals surface area contributed by atoms with Crippen molar-refractivity contribution < 1.29 is 0 Å². The first-order chi connectivity index (χ1) is 5.06. The van der Waals surface area contributed by atoms with Gasteiger partial charge in [0.05, 0.1) is 5.54 Å². The van der Waals surface area contributed by atoms with Gasteiger partial charge in [0.15, 0.2) is 0 Å². The Bertz CT molecular complexity index is 209. The van der Waals surface area contributed by atoms with E-state index in [1.165, 1.54) is 11.3 Å². The Morgan fingerprint density at radius 3 is 2.45 bits per heavy atom. The second-order valence-corrected chi connectivity index (χ2v) is 3.65. The molecule has 1 aliphatic rings. The van der Waals surface area contributed by atoms with Crippen molar-refractivity contribution in [1.82, 2.24) is 5.32 Å². The minimum atomic E-state index is 0.160. The van der Waals surface area contributed by atoms with Crippen molar-refractivity contribution >= 4 is 0 Å². The largest absolute Gasteiger partial charge is 0.380 e. The summed E-state index contributed by atoms with van der Waals surface area (Å²) >= 11 is 0. The van der Waals surface area contributed by atoms with E-state index in [-0.39, 0.29) is 5.54 Å². The summed E-state index contributed by atoms with van der Waals surface area (Å²) in [5, 5.41) is 3.45. The Labute approximate surface area is 69.2 Å². The molecule has 1 aliphatic heterocycles. The van der Waals surface area contributed by atoms with Crippen molar-refractivity contribution in [2.45, 2.75) is 39.7 Å². The first kappa shape index (κ1) is 8.38. The first-order valence-electron chi connectivity index (χ1n) is 4.22. The van der Waals surface area contributed by atoms with Gasteiger partial charge in [0.1, 0.15) is 0 Å². The van der Waals surface area contributed by atoms with Crippen LogP contribution < -0.4 is 5.32 Å². The smallest absolute Gasteiger partial charge is 0.0529 e. The van der Waals surface area contributed by atoms with E-state index in [9.17, 15) is 0 Å². The third-order valence-corrected chi connectivity index (χ3v) is 2.23. The number of dihydropyridines is 1. The van der Waals surface area contributed by atoms with E-state index >= 15 is 0 Å². The summed E-state index contributed by atoms with van der Waals surface area (Å²) in [5.41, 5.74) is 2.89. The lowest BCUT2D eigenvalue weighted by atomic mass is 9.89. The number of nitrogens with one attached hydrogen (secondary N) is 1. The monoisotopic (exact) mass is 151 g/mol. The van der Waals surface area contributed by atoms with Crippen molar-refractivity contribution in [3.63, 3.8) is 0 Å². The van der Waals surface area contributed by atoms with Gasteiger partial charge in [0, 0.05) is 5.70 Å². The summed E-state index contributed by atoms with van der Waals surface area (Å²) in [5.74, 6) is 0. The van der Waals surface area contributed by atoms with Crippen molar-refractivity contribution in [2.24, 2.45) is 0 Å². The van der Waals surface area contributed by atoms with Crippen LogP contribution in [0.25, 0.3) is 0 Å². The summed E-state index contributed by atoms with van der Waals surface area (Å²) < 4.78 is 0. The molecule has 0 unspecified atom stereocenters. The van der Waals surface area contributed by atoms with Gasteiger partial charge in [-0.05, 0) is 38.8 Å². The van der Waals surface area contributed by atoms with Crippen LogP contribution in [-0.2, 0) is 0 Å². The fraction of sp³-hybridized carbons (Fsp3) is 0.600. The third-order valence-electron chi connectivity index (χ3n) is 2.23. The van der Waals surface area contributed by atoms with Crippen LogP contribution in [-0.4, -0.2) is 5.54 Å². The molecule has 0 spiro atoms. The third kappa shape index (κ3) is 1.65. The number of allylic oxidation sites excluding steroid dienone is 3. The molecule has 0 saturated heterocycles. The van der Waals surface area contributed by atoms with Crippen molar-refractivity contribution in [3.8, 4) is 0 Å². The predicted octanol–water partition coefficient (Wildman–Crippen LogP) is 2.61. The molecule has 1 heteroatoms. The van der Waals surface area contributed by atoms with Crippen LogP contribution in [0.2, 0.25) is 0 Å². The molecular weight excluding hydrogens is 134 g/mol. The van der Waals surface area contributed by atoms with Crippen molar-refractivity contribution in [2.75, 3.05) is 0 Å². The highest BCUT2D eigenvalue weighted by Gasteiger charge is 2.22. The molecule has 1 rings (SSSR count). The molecule has 0 bridgehead atoms. The van der Waals surface area contributed by atoms with Crippen LogP contribution in [0.15, 0.2) is 23.4 Å². The minimum Gasteiger partial charge on any atom is -0.380 e. The summed E-state index contributed by atoms with van der Waals surface area (Å²) in [4.78, 5) is 0. The van der Waals surface area contributed by atoms with Crippen LogP contribution in [0, 0.1) is 0 Å². The van der Waals surface area contributed by atoms with Gasteiger partial charge in [-0.2, -0.15) is 0 Å². The molecule has 0 saturated carbocycles. The maximum Gasteiger partial charge on any atom is 0.0529 e. The topological polar surface area (TPSA) is 12.0 Å². The highest BCUT2D eigenvalue weighted by Crippen LogP contribution is 2.23. The highest BCUT2D eigenvalue weighted by atomic mass is 15.0. The summed E-state index contributed by atoms with van der Waals surface area (Å²) in [6.07, 6.45) is 5.50. The van der Waals surface area contributed by atoms with E-state index in [0.29, 0.717) is 0 Å². The predicted molar refractivity (Wildman–Crippen MR) is 49.3 cm³/mol. The Balaban J connectivity index is 2.89.